The molecule has 0 aromatic rings. The minimum absolute atomic E-state index is 0.0571. The van der Waals surface area contributed by atoms with Crippen molar-refractivity contribution in [3.05, 3.63) is 24.3 Å². The molecule has 1 aliphatic heterocycles. The van der Waals surface area contributed by atoms with Crippen molar-refractivity contribution in [3.8, 4) is 0 Å². The first-order valence-electron chi connectivity index (χ1n) is 6.63. The van der Waals surface area contributed by atoms with E-state index < -0.39 is 5.54 Å². The molecule has 0 saturated carbocycles. The largest absolute Gasteiger partial charge is 0.483 e. The molecule has 4 nitrogen and oxygen atoms in total. The summed E-state index contributed by atoms with van der Waals surface area (Å²) in [6, 6.07) is -0.0571. The molecule has 2 rings (SSSR count). The lowest BCUT2D eigenvalue weighted by Gasteiger charge is -2.33. The molecule has 0 bridgehead atoms. The van der Waals surface area contributed by atoms with Crippen LogP contribution in [0.5, 0.6) is 0 Å². The molecule has 0 saturated heterocycles. The Labute approximate surface area is 114 Å². The molecule has 0 unspecified atom stereocenters. The van der Waals surface area contributed by atoms with E-state index >= 15 is 0 Å². The van der Waals surface area contributed by atoms with Crippen molar-refractivity contribution in [1.29, 1.82) is 0 Å². The minimum atomic E-state index is -0.422. The molecule has 4 heteroatoms. The van der Waals surface area contributed by atoms with Crippen LogP contribution in [0.2, 0.25) is 0 Å². The quantitative estimate of drug-likeness (QED) is 0.768. The summed E-state index contributed by atoms with van der Waals surface area (Å²) >= 11 is 0. The highest BCUT2D eigenvalue weighted by molar-refractivity contribution is 5.97. The van der Waals surface area contributed by atoms with Crippen LogP contribution >= 0.6 is 0 Å². The maximum atomic E-state index is 5.51. The normalized spacial score (nSPS) is 29.9. The maximum Gasteiger partial charge on any atom is 0.213 e. The van der Waals surface area contributed by atoms with Crippen molar-refractivity contribution in [3.63, 3.8) is 0 Å². The molecular weight excluding hydrogens is 240 g/mol. The van der Waals surface area contributed by atoms with Gasteiger partial charge in [-0.05, 0) is 11.5 Å². The molecule has 2 aliphatic rings. The van der Waals surface area contributed by atoms with Gasteiger partial charge >= 0.3 is 0 Å². The third-order valence-corrected chi connectivity index (χ3v) is 3.73. The molecule has 0 aromatic heterocycles. The lowest BCUT2D eigenvalue weighted by atomic mass is 9.92. The van der Waals surface area contributed by atoms with Crippen LogP contribution in [-0.4, -0.2) is 37.6 Å². The second kappa shape index (κ2) is 5.19. The van der Waals surface area contributed by atoms with Crippen molar-refractivity contribution in [2.45, 2.75) is 38.3 Å². The Kier molecular flexibility index (Phi) is 3.78. The Bertz CT molecular complexity index is 463. The third kappa shape index (κ3) is 2.31. The Hall–Kier alpha value is -1.58. The number of nitrogens with zero attached hydrogens (tertiary/aromatic N) is 2. The molecule has 104 valence electrons. The average molecular weight is 262 g/mol. The topological polar surface area (TPSA) is 43.2 Å². The molecule has 0 aromatic carbocycles. The standard InChI is InChI=1S/C15H22N2O2/c1-6-11-7-8-15(9-11)14(19-5)16-12(10(2)3)13(17-15)18-4/h6-7,10,12H,1,8-9H2,2-5H3/t12-,15+/m1/s1. The van der Waals surface area contributed by atoms with Crippen molar-refractivity contribution in [1.82, 2.24) is 0 Å². The van der Waals surface area contributed by atoms with E-state index in [0.717, 1.165) is 12.8 Å². The molecule has 0 N–H and O–H groups in total. The van der Waals surface area contributed by atoms with E-state index in [4.69, 9.17) is 19.5 Å². The highest BCUT2D eigenvalue weighted by Gasteiger charge is 2.45. The van der Waals surface area contributed by atoms with Gasteiger partial charge in [0, 0.05) is 12.8 Å². The van der Waals surface area contributed by atoms with Crippen molar-refractivity contribution in [2.75, 3.05) is 14.2 Å². The van der Waals surface area contributed by atoms with Gasteiger partial charge in [0.1, 0.15) is 11.6 Å². The lowest BCUT2D eigenvalue weighted by molar-refractivity contribution is 0.307. The summed E-state index contributed by atoms with van der Waals surface area (Å²) in [5.41, 5.74) is 0.765. The van der Waals surface area contributed by atoms with Crippen LogP contribution in [0.1, 0.15) is 26.7 Å². The van der Waals surface area contributed by atoms with Crippen LogP contribution < -0.4 is 0 Å². The predicted octanol–water partition coefficient (Wildman–Crippen LogP) is 2.76. The first kappa shape index (κ1) is 13.8. The Morgan fingerprint density at radius 3 is 2.63 bits per heavy atom. The molecule has 2 atom stereocenters. The average Bonchev–Trinajstić information content (AvgIpc) is 2.82. The number of hydrogen-bond donors (Lipinski definition) is 0. The lowest BCUT2D eigenvalue weighted by Crippen LogP contribution is -2.45. The number of rotatable bonds is 2. The van der Waals surface area contributed by atoms with Crippen molar-refractivity contribution >= 4 is 11.8 Å². The SMILES string of the molecule is C=CC1=CC[C@@]2(C1)N=C(OC)[C@@H](C(C)C)N=C2OC. The number of ether oxygens (including phenoxy) is 2. The molecular formula is C15H22N2O2. The summed E-state index contributed by atoms with van der Waals surface area (Å²) in [7, 11) is 3.32. The van der Waals surface area contributed by atoms with Gasteiger partial charge in [-0.15, -0.1) is 0 Å². The van der Waals surface area contributed by atoms with E-state index in [9.17, 15) is 0 Å². The summed E-state index contributed by atoms with van der Waals surface area (Å²) in [5, 5.41) is 0. The van der Waals surface area contributed by atoms with Crippen molar-refractivity contribution in [2.24, 2.45) is 15.9 Å². The van der Waals surface area contributed by atoms with Gasteiger partial charge in [0.25, 0.3) is 0 Å². The smallest absolute Gasteiger partial charge is 0.213 e. The van der Waals surface area contributed by atoms with Gasteiger partial charge in [0.05, 0.1) is 14.2 Å². The van der Waals surface area contributed by atoms with Crippen LogP contribution in [0.15, 0.2) is 34.3 Å². The van der Waals surface area contributed by atoms with Gasteiger partial charge in [-0.2, -0.15) is 0 Å². The fourth-order valence-corrected chi connectivity index (χ4v) is 2.66. The highest BCUT2D eigenvalue weighted by Crippen LogP contribution is 2.38. The molecule has 0 radical (unpaired) electrons. The van der Waals surface area contributed by atoms with E-state index in [1.807, 2.05) is 6.08 Å². The van der Waals surface area contributed by atoms with Crippen LogP contribution in [0.25, 0.3) is 0 Å². The number of allylic oxidation sites excluding steroid dienone is 1. The number of hydrogen-bond acceptors (Lipinski definition) is 4. The zero-order valence-corrected chi connectivity index (χ0v) is 12.1. The first-order chi connectivity index (χ1) is 9.06. The molecule has 1 spiro atoms. The zero-order chi connectivity index (χ0) is 14.0. The molecule has 19 heavy (non-hydrogen) atoms. The van der Waals surface area contributed by atoms with E-state index in [-0.39, 0.29) is 6.04 Å². The van der Waals surface area contributed by atoms with E-state index in [1.165, 1.54) is 5.57 Å². The molecule has 0 amide bonds. The summed E-state index contributed by atoms with van der Waals surface area (Å²) in [6.45, 7) is 8.04. The summed E-state index contributed by atoms with van der Waals surface area (Å²) in [6.07, 6.45) is 5.59. The summed E-state index contributed by atoms with van der Waals surface area (Å²) in [5.74, 6) is 1.74. The third-order valence-electron chi connectivity index (χ3n) is 3.73. The van der Waals surface area contributed by atoms with Crippen LogP contribution in [0, 0.1) is 5.92 Å². The summed E-state index contributed by atoms with van der Waals surface area (Å²) < 4.78 is 11.0. The fraction of sp³-hybridized carbons (Fsp3) is 0.600. The molecule has 1 aliphatic carbocycles. The van der Waals surface area contributed by atoms with Crippen LogP contribution in [-0.2, 0) is 9.47 Å². The second-order valence-corrected chi connectivity index (χ2v) is 5.38. The maximum absolute atomic E-state index is 5.51. The van der Waals surface area contributed by atoms with Gasteiger partial charge in [0.15, 0.2) is 0 Å². The number of methoxy groups -OCH3 is 2. The van der Waals surface area contributed by atoms with E-state index in [1.54, 1.807) is 14.2 Å². The van der Waals surface area contributed by atoms with E-state index in [2.05, 4.69) is 26.5 Å². The molecule has 1 heterocycles. The summed E-state index contributed by atoms with van der Waals surface area (Å²) in [4.78, 5) is 9.55. The van der Waals surface area contributed by atoms with Crippen LogP contribution in [0.4, 0.5) is 0 Å². The Balaban J connectivity index is 2.38. The van der Waals surface area contributed by atoms with Gasteiger partial charge in [-0.25, -0.2) is 9.98 Å². The van der Waals surface area contributed by atoms with Crippen LogP contribution in [0.3, 0.4) is 0 Å². The monoisotopic (exact) mass is 262 g/mol. The number of aliphatic imine (C=N–C) groups is 2. The van der Waals surface area contributed by atoms with Gasteiger partial charge in [-0.3, -0.25) is 0 Å². The zero-order valence-electron chi connectivity index (χ0n) is 12.1. The first-order valence-corrected chi connectivity index (χ1v) is 6.63. The van der Waals surface area contributed by atoms with Crippen molar-refractivity contribution < 1.29 is 9.47 Å². The second-order valence-electron chi connectivity index (χ2n) is 5.38. The van der Waals surface area contributed by atoms with Gasteiger partial charge in [0.2, 0.25) is 11.8 Å². The molecule has 0 fully saturated rings. The minimum Gasteiger partial charge on any atom is -0.483 e. The predicted molar refractivity (Wildman–Crippen MR) is 77.8 cm³/mol. The van der Waals surface area contributed by atoms with Gasteiger partial charge < -0.3 is 9.47 Å². The highest BCUT2D eigenvalue weighted by atomic mass is 16.5. The van der Waals surface area contributed by atoms with Gasteiger partial charge in [-0.1, -0.05) is 32.6 Å². The fourth-order valence-electron chi connectivity index (χ4n) is 2.66. The Morgan fingerprint density at radius 1 is 1.42 bits per heavy atom. The Morgan fingerprint density at radius 2 is 2.16 bits per heavy atom. The van der Waals surface area contributed by atoms with E-state index in [0.29, 0.717) is 17.7 Å².